The molecule has 2 aliphatic rings. The van der Waals surface area contributed by atoms with Gasteiger partial charge in [-0.2, -0.15) is 0 Å². The first-order valence-electron chi connectivity index (χ1n) is 13.2. The minimum atomic E-state index is -0.890. The number of fused-ring (bicyclic) bond motifs is 1. The van der Waals surface area contributed by atoms with Crippen LogP contribution in [0.3, 0.4) is 0 Å². The Bertz CT molecular complexity index is 1510. The summed E-state index contributed by atoms with van der Waals surface area (Å²) in [5.74, 6) is -1.24. The van der Waals surface area contributed by atoms with E-state index in [0.29, 0.717) is 11.3 Å². The molecule has 1 aromatic heterocycles. The van der Waals surface area contributed by atoms with Crippen molar-refractivity contribution in [1.29, 1.82) is 0 Å². The number of hydrogen-bond acceptors (Lipinski definition) is 10. The van der Waals surface area contributed by atoms with E-state index in [2.05, 4.69) is 15.5 Å². The zero-order valence-electron chi connectivity index (χ0n) is 22.9. The molecule has 0 bridgehead atoms. The lowest BCUT2D eigenvalue weighted by Gasteiger charge is -2.49. The molecule has 3 N–H and O–H groups in total. The van der Waals surface area contributed by atoms with Crippen molar-refractivity contribution in [3.8, 4) is 0 Å². The zero-order chi connectivity index (χ0) is 29.6. The molecule has 2 aliphatic heterocycles. The molecule has 10 nitrogen and oxygen atoms in total. The maximum Gasteiger partial charge on any atom is 0.356 e. The second kappa shape index (κ2) is 13.0. The van der Waals surface area contributed by atoms with E-state index in [0.717, 1.165) is 28.9 Å². The van der Waals surface area contributed by atoms with Crippen molar-refractivity contribution in [3.05, 3.63) is 106 Å². The van der Waals surface area contributed by atoms with Gasteiger partial charge in [-0.3, -0.25) is 14.5 Å². The third-order valence-corrected chi connectivity index (χ3v) is 8.60. The highest BCUT2D eigenvalue weighted by Crippen LogP contribution is 2.42. The monoisotopic (exact) mass is 603 g/mol. The molecule has 216 valence electrons. The van der Waals surface area contributed by atoms with Gasteiger partial charge in [-0.25, -0.2) is 9.78 Å². The number of allylic oxidation sites excluding steroid dienone is 2. The summed E-state index contributed by atoms with van der Waals surface area (Å²) in [6, 6.07) is 18.0. The van der Waals surface area contributed by atoms with Gasteiger partial charge in [0.15, 0.2) is 16.9 Å². The summed E-state index contributed by atoms with van der Waals surface area (Å²) in [7, 11) is 1.31. The van der Waals surface area contributed by atoms with Gasteiger partial charge >= 0.3 is 5.97 Å². The van der Waals surface area contributed by atoms with Gasteiger partial charge in [0.05, 0.1) is 0 Å². The Morgan fingerprint density at radius 3 is 2.40 bits per heavy atom. The maximum absolute atomic E-state index is 13.9. The quantitative estimate of drug-likeness (QED) is 0.153. The van der Waals surface area contributed by atoms with Crippen LogP contribution in [0.5, 0.6) is 0 Å². The molecule has 5 rings (SSSR count). The summed E-state index contributed by atoms with van der Waals surface area (Å²) in [4.78, 5) is 51.0. The first-order chi connectivity index (χ1) is 20.4. The maximum atomic E-state index is 13.9. The number of amides is 2. The van der Waals surface area contributed by atoms with E-state index >= 15 is 0 Å². The number of ether oxygens (including phenoxy) is 1. The zero-order valence-corrected chi connectivity index (χ0v) is 24.6. The Balaban J connectivity index is 1.41. The van der Waals surface area contributed by atoms with E-state index in [1.165, 1.54) is 23.8 Å². The average molecular weight is 604 g/mol. The second-order valence-corrected chi connectivity index (χ2v) is 11.3. The minimum Gasteiger partial charge on any atom is -0.448 e. The van der Waals surface area contributed by atoms with Gasteiger partial charge in [0.1, 0.15) is 29.9 Å². The Kier molecular flexibility index (Phi) is 9.03. The number of carbonyl (C=O) groups is 3. The molecule has 0 radical (unpaired) electrons. The highest BCUT2D eigenvalue weighted by Gasteiger charge is 2.54. The van der Waals surface area contributed by atoms with Gasteiger partial charge in [0.25, 0.3) is 11.8 Å². The lowest BCUT2D eigenvalue weighted by Crippen LogP contribution is -2.71. The fraction of sp³-hybridized carbons (Fsp3) is 0.233. The third-order valence-electron chi connectivity index (χ3n) is 6.62. The van der Waals surface area contributed by atoms with Crippen molar-refractivity contribution in [2.75, 3.05) is 18.6 Å². The number of carbonyl (C=O) groups excluding carboxylic acids is 3. The third kappa shape index (κ3) is 5.95. The number of nitrogens with one attached hydrogen (secondary N) is 1. The molecule has 1 fully saturated rings. The second-order valence-electron chi connectivity index (χ2n) is 9.35. The standard InChI is InChI=1S/C30H29N5O5S2/c1-3-4-11-20-16-41-28-23(33-26(36)22(34-39-2)21-17-42-30(31)32-21)27(37)35(28)24(20)29(38)40-25(18-12-7-5-8-13-18)19-14-9-6-10-15-19/h4-15,17,23,25,28H,3,16H2,1-2H3,(H2,31,32)(H,33,36)/b11-4-,34-22-/t23?,28-/m1/s1. The topological polar surface area (TPSA) is 136 Å². The molecule has 12 heteroatoms. The Labute approximate surface area is 251 Å². The molecule has 0 spiro atoms. The van der Waals surface area contributed by atoms with Crippen molar-refractivity contribution >= 4 is 51.7 Å². The van der Waals surface area contributed by atoms with Crippen LogP contribution < -0.4 is 11.1 Å². The number of thioether (sulfide) groups is 1. The van der Waals surface area contributed by atoms with Gasteiger partial charge in [-0.05, 0) is 23.1 Å². The van der Waals surface area contributed by atoms with Crippen molar-refractivity contribution in [2.24, 2.45) is 5.16 Å². The predicted molar refractivity (Wildman–Crippen MR) is 162 cm³/mol. The number of thiazole rings is 1. The van der Waals surface area contributed by atoms with E-state index in [9.17, 15) is 14.4 Å². The fourth-order valence-electron chi connectivity index (χ4n) is 4.67. The smallest absolute Gasteiger partial charge is 0.356 e. The molecule has 3 aromatic rings. The average Bonchev–Trinajstić information content (AvgIpc) is 3.45. The number of oxime groups is 1. The first-order valence-corrected chi connectivity index (χ1v) is 15.1. The summed E-state index contributed by atoms with van der Waals surface area (Å²) < 4.78 is 6.14. The summed E-state index contributed by atoms with van der Waals surface area (Å²) in [5, 5.41) is 7.86. The molecule has 2 atom stereocenters. The molecule has 2 aromatic carbocycles. The number of nitrogens with two attached hydrogens (primary N) is 1. The van der Waals surface area contributed by atoms with Gasteiger partial charge in [-0.1, -0.05) is 84.9 Å². The molecule has 3 heterocycles. The van der Waals surface area contributed by atoms with Crippen molar-refractivity contribution in [1.82, 2.24) is 15.2 Å². The minimum absolute atomic E-state index is 0.104. The molecule has 1 saturated heterocycles. The number of rotatable bonds is 10. The van der Waals surface area contributed by atoms with Crippen molar-refractivity contribution in [2.45, 2.75) is 30.9 Å². The molecular weight excluding hydrogens is 574 g/mol. The van der Waals surface area contributed by atoms with Gasteiger partial charge in [0, 0.05) is 11.1 Å². The highest BCUT2D eigenvalue weighted by molar-refractivity contribution is 8.00. The number of nitrogen functional groups attached to an aromatic ring is 1. The number of anilines is 1. The van der Waals surface area contributed by atoms with Crippen molar-refractivity contribution < 1.29 is 24.0 Å². The Hall–Kier alpha value is -4.42. The molecule has 1 unspecified atom stereocenters. The lowest BCUT2D eigenvalue weighted by molar-refractivity contribution is -0.154. The normalized spacial score (nSPS) is 18.6. The molecule has 42 heavy (non-hydrogen) atoms. The van der Waals surface area contributed by atoms with Crippen LogP contribution in [-0.4, -0.2) is 57.7 Å². The molecule has 2 amide bonds. The van der Waals surface area contributed by atoms with Crippen LogP contribution >= 0.6 is 23.1 Å². The number of β-lactam (4-membered cyclic amide) rings is 1. The van der Waals surface area contributed by atoms with Crippen LogP contribution in [0.25, 0.3) is 0 Å². The Morgan fingerprint density at radius 2 is 1.83 bits per heavy atom. The highest BCUT2D eigenvalue weighted by atomic mass is 32.2. The first kappa shape index (κ1) is 29.1. The lowest BCUT2D eigenvalue weighted by atomic mass is 10.00. The van der Waals surface area contributed by atoms with E-state index in [1.54, 1.807) is 5.38 Å². The fourth-order valence-corrected chi connectivity index (χ4v) is 6.54. The van der Waals surface area contributed by atoms with Gasteiger partial charge < -0.3 is 20.6 Å². The van der Waals surface area contributed by atoms with Crippen LogP contribution in [0.1, 0.15) is 36.3 Å². The Morgan fingerprint density at radius 1 is 1.17 bits per heavy atom. The largest absolute Gasteiger partial charge is 0.448 e. The van der Waals surface area contributed by atoms with E-state index in [-0.39, 0.29) is 22.2 Å². The number of aromatic nitrogens is 1. The number of hydrogen-bond donors (Lipinski definition) is 2. The summed E-state index contributed by atoms with van der Waals surface area (Å²) in [5.41, 5.74) is 8.32. The summed E-state index contributed by atoms with van der Waals surface area (Å²) in [6.07, 6.45) is 3.87. The number of benzene rings is 2. The molecular formula is C30H29N5O5S2. The van der Waals surface area contributed by atoms with Gasteiger partial charge in [0.2, 0.25) is 0 Å². The SMILES string of the molecule is CC/C=C\C1=C(C(=O)OC(c2ccccc2)c2ccccc2)N2C(=O)C(NC(=O)/C(=N\OC)c3csc(N)n3)[C@H]2SC1. The van der Waals surface area contributed by atoms with Gasteiger partial charge in [-0.15, -0.1) is 23.1 Å². The van der Waals surface area contributed by atoms with E-state index < -0.39 is 35.3 Å². The van der Waals surface area contributed by atoms with Crippen LogP contribution in [0, 0.1) is 0 Å². The number of esters is 1. The summed E-state index contributed by atoms with van der Waals surface area (Å²) in [6.45, 7) is 1.99. The van der Waals surface area contributed by atoms with Crippen LogP contribution in [0.2, 0.25) is 0 Å². The van der Waals surface area contributed by atoms with Crippen LogP contribution in [0.4, 0.5) is 5.13 Å². The number of nitrogens with zero attached hydrogens (tertiary/aromatic N) is 3. The summed E-state index contributed by atoms with van der Waals surface area (Å²) >= 11 is 2.60. The van der Waals surface area contributed by atoms with Crippen LogP contribution in [0.15, 0.2) is 94.6 Å². The van der Waals surface area contributed by atoms with E-state index in [4.69, 9.17) is 15.3 Å². The molecule has 0 aliphatic carbocycles. The molecule has 0 saturated carbocycles. The van der Waals surface area contributed by atoms with Crippen molar-refractivity contribution in [3.63, 3.8) is 0 Å². The van der Waals surface area contributed by atoms with E-state index in [1.807, 2.05) is 79.7 Å². The van der Waals surface area contributed by atoms with Crippen LogP contribution in [-0.2, 0) is 24.0 Å². The predicted octanol–water partition coefficient (Wildman–Crippen LogP) is 4.03.